The summed E-state index contributed by atoms with van der Waals surface area (Å²) in [5.74, 6) is 0.820. The first-order valence-corrected chi connectivity index (χ1v) is 11.1. The van der Waals surface area contributed by atoms with Crippen LogP contribution < -0.4 is 10.1 Å². The Morgan fingerprint density at radius 2 is 1.83 bits per heavy atom. The zero-order chi connectivity index (χ0) is 21.3. The summed E-state index contributed by atoms with van der Waals surface area (Å²) in [5.41, 5.74) is 0.614. The molecule has 0 bridgehead atoms. The van der Waals surface area contributed by atoms with Crippen molar-refractivity contribution in [2.45, 2.75) is 12.8 Å². The van der Waals surface area contributed by atoms with Crippen molar-refractivity contribution in [3.63, 3.8) is 0 Å². The molecule has 1 aliphatic rings. The number of nitrogens with one attached hydrogen (secondary N) is 1. The van der Waals surface area contributed by atoms with Crippen LogP contribution in [-0.4, -0.2) is 60.9 Å². The Morgan fingerprint density at radius 1 is 1.07 bits per heavy atom. The Bertz CT molecular complexity index is 872. The largest absolute Gasteiger partial charge is 0.494 e. The van der Waals surface area contributed by atoms with E-state index in [1.54, 1.807) is 12.1 Å². The minimum atomic E-state index is -0.104. The molecule has 0 spiro atoms. The summed E-state index contributed by atoms with van der Waals surface area (Å²) in [7, 11) is 0. The fourth-order valence-corrected chi connectivity index (χ4v) is 3.80. The first-order chi connectivity index (χ1) is 14.5. The van der Waals surface area contributed by atoms with Crippen molar-refractivity contribution >= 4 is 45.0 Å². The first-order valence-electron chi connectivity index (χ1n) is 9.94. The smallest absolute Gasteiger partial charge is 0.238 e. The molecule has 1 N–H and O–H groups in total. The van der Waals surface area contributed by atoms with Crippen LogP contribution in [0.25, 0.3) is 0 Å². The number of hydrogen-bond acceptors (Lipinski definition) is 4. The molecule has 0 aromatic heterocycles. The van der Waals surface area contributed by atoms with Crippen molar-refractivity contribution in [1.82, 2.24) is 9.80 Å². The lowest BCUT2D eigenvalue weighted by Crippen LogP contribution is -2.50. The average Bonchev–Trinajstić information content (AvgIpc) is 2.73. The lowest BCUT2D eigenvalue weighted by atomic mass is 10.2. The van der Waals surface area contributed by atoms with Crippen LogP contribution in [0.15, 0.2) is 53.0 Å². The summed E-state index contributed by atoms with van der Waals surface area (Å²) in [4.78, 5) is 28.6. The molecule has 0 atom stereocenters. The van der Waals surface area contributed by atoms with Crippen LogP contribution >= 0.6 is 27.5 Å². The van der Waals surface area contributed by atoms with Gasteiger partial charge in [0.1, 0.15) is 5.75 Å². The zero-order valence-corrected chi connectivity index (χ0v) is 19.0. The molecule has 0 saturated carbocycles. The fourth-order valence-electron chi connectivity index (χ4n) is 3.24. The molecule has 0 radical (unpaired) electrons. The van der Waals surface area contributed by atoms with Gasteiger partial charge in [-0.2, -0.15) is 0 Å². The summed E-state index contributed by atoms with van der Waals surface area (Å²) < 4.78 is 6.65. The Hall–Kier alpha value is -2.09. The van der Waals surface area contributed by atoms with Gasteiger partial charge in [0, 0.05) is 37.1 Å². The maximum absolute atomic E-state index is 12.4. The number of ether oxygens (including phenoxy) is 1. The summed E-state index contributed by atoms with van der Waals surface area (Å²) >= 11 is 9.49. The Kier molecular flexibility index (Phi) is 8.54. The maximum atomic E-state index is 12.4. The third-order valence-corrected chi connectivity index (χ3v) is 5.66. The number of amides is 2. The van der Waals surface area contributed by atoms with Crippen molar-refractivity contribution in [3.8, 4) is 5.75 Å². The van der Waals surface area contributed by atoms with Crippen molar-refractivity contribution in [2.75, 3.05) is 44.6 Å². The van der Waals surface area contributed by atoms with E-state index in [1.165, 1.54) is 0 Å². The van der Waals surface area contributed by atoms with Gasteiger partial charge in [0.2, 0.25) is 11.8 Å². The topological polar surface area (TPSA) is 61.9 Å². The quantitative estimate of drug-likeness (QED) is 0.563. The molecule has 2 amide bonds. The molecule has 8 heteroatoms. The Morgan fingerprint density at radius 3 is 2.57 bits per heavy atom. The van der Waals surface area contributed by atoms with E-state index in [0.717, 1.165) is 10.2 Å². The normalized spacial score (nSPS) is 14.4. The van der Waals surface area contributed by atoms with E-state index in [4.69, 9.17) is 16.3 Å². The molecule has 1 saturated heterocycles. The number of para-hydroxylation sites is 1. The third kappa shape index (κ3) is 7.00. The molecule has 0 aliphatic carbocycles. The van der Waals surface area contributed by atoms with Gasteiger partial charge in [-0.15, -0.1) is 0 Å². The third-order valence-electron chi connectivity index (χ3n) is 4.84. The number of anilines is 1. The van der Waals surface area contributed by atoms with E-state index >= 15 is 0 Å². The van der Waals surface area contributed by atoms with E-state index < -0.39 is 0 Å². The van der Waals surface area contributed by atoms with Gasteiger partial charge in [-0.05, 0) is 36.8 Å². The SMILES string of the molecule is O=C(CN1CCN(C(=O)CCCOc2cccc(Br)c2)CC1)Nc1ccccc1Cl. The molecule has 6 nitrogen and oxygen atoms in total. The number of benzene rings is 2. The molecule has 2 aromatic carbocycles. The van der Waals surface area contributed by atoms with Crippen LogP contribution in [0, 0.1) is 0 Å². The minimum Gasteiger partial charge on any atom is -0.494 e. The molecule has 2 aromatic rings. The van der Waals surface area contributed by atoms with Crippen LogP contribution in [0.1, 0.15) is 12.8 Å². The predicted molar refractivity (Wildman–Crippen MR) is 122 cm³/mol. The second kappa shape index (κ2) is 11.3. The Balaban J connectivity index is 1.33. The number of halogens is 2. The number of carbonyl (C=O) groups is 2. The van der Waals surface area contributed by atoms with Gasteiger partial charge in [-0.3, -0.25) is 14.5 Å². The van der Waals surface area contributed by atoms with Crippen molar-refractivity contribution in [1.29, 1.82) is 0 Å². The summed E-state index contributed by atoms with van der Waals surface area (Å²) in [5, 5.41) is 3.35. The van der Waals surface area contributed by atoms with Crippen LogP contribution in [0.4, 0.5) is 5.69 Å². The second-order valence-corrected chi connectivity index (χ2v) is 8.42. The van der Waals surface area contributed by atoms with Crippen LogP contribution in [0.5, 0.6) is 5.75 Å². The predicted octanol–water partition coefficient (Wildman–Crippen LogP) is 4.04. The van der Waals surface area contributed by atoms with Gasteiger partial charge in [-0.25, -0.2) is 0 Å². The average molecular weight is 495 g/mol. The summed E-state index contributed by atoms with van der Waals surface area (Å²) in [6.45, 7) is 3.40. The van der Waals surface area contributed by atoms with E-state index in [1.807, 2.05) is 46.2 Å². The van der Waals surface area contributed by atoms with Gasteiger partial charge >= 0.3 is 0 Å². The maximum Gasteiger partial charge on any atom is 0.238 e. The molecule has 3 rings (SSSR count). The van der Waals surface area contributed by atoms with Crippen LogP contribution in [-0.2, 0) is 9.59 Å². The summed E-state index contributed by atoms with van der Waals surface area (Å²) in [6.07, 6.45) is 1.13. The highest BCUT2D eigenvalue weighted by atomic mass is 79.9. The minimum absolute atomic E-state index is 0.104. The molecule has 1 aliphatic heterocycles. The van der Waals surface area contributed by atoms with Crippen molar-refractivity contribution < 1.29 is 14.3 Å². The molecule has 1 fully saturated rings. The van der Waals surface area contributed by atoms with Crippen LogP contribution in [0.3, 0.4) is 0 Å². The number of rotatable bonds is 8. The van der Waals surface area contributed by atoms with Gasteiger partial charge in [0.05, 0.1) is 23.9 Å². The zero-order valence-electron chi connectivity index (χ0n) is 16.7. The van der Waals surface area contributed by atoms with Crippen LogP contribution in [0.2, 0.25) is 5.02 Å². The molecular formula is C22H25BrClN3O3. The highest BCUT2D eigenvalue weighted by Gasteiger charge is 2.22. The van der Waals surface area contributed by atoms with E-state index in [0.29, 0.717) is 56.3 Å². The van der Waals surface area contributed by atoms with Crippen molar-refractivity contribution in [3.05, 3.63) is 58.0 Å². The molecular weight excluding hydrogens is 470 g/mol. The number of piperazine rings is 1. The summed E-state index contributed by atoms with van der Waals surface area (Å²) in [6, 6.07) is 14.8. The highest BCUT2D eigenvalue weighted by Crippen LogP contribution is 2.20. The monoisotopic (exact) mass is 493 g/mol. The second-order valence-electron chi connectivity index (χ2n) is 7.09. The van der Waals surface area contributed by atoms with E-state index in [9.17, 15) is 9.59 Å². The lowest BCUT2D eigenvalue weighted by Gasteiger charge is -2.34. The Labute approximate surface area is 190 Å². The van der Waals surface area contributed by atoms with Crippen molar-refractivity contribution in [2.24, 2.45) is 0 Å². The van der Waals surface area contributed by atoms with Gasteiger partial charge in [-0.1, -0.05) is 45.7 Å². The first kappa shape index (κ1) is 22.6. The number of hydrogen-bond donors (Lipinski definition) is 1. The number of nitrogens with zero attached hydrogens (tertiary/aromatic N) is 2. The molecule has 0 unspecified atom stereocenters. The molecule has 160 valence electrons. The molecule has 30 heavy (non-hydrogen) atoms. The van der Waals surface area contributed by atoms with Gasteiger partial charge < -0.3 is 15.0 Å². The van der Waals surface area contributed by atoms with Gasteiger partial charge in [0.25, 0.3) is 0 Å². The van der Waals surface area contributed by atoms with E-state index in [2.05, 4.69) is 21.2 Å². The standard InChI is InChI=1S/C22H25BrClN3O3/c23-17-5-3-6-18(15-17)30-14-4-9-22(29)27-12-10-26(11-13-27)16-21(28)25-20-8-2-1-7-19(20)24/h1-3,5-8,15H,4,9-14,16H2,(H,25,28). The van der Waals surface area contributed by atoms with Gasteiger partial charge in [0.15, 0.2) is 0 Å². The molecule has 1 heterocycles. The fraction of sp³-hybridized carbons (Fsp3) is 0.364. The lowest BCUT2D eigenvalue weighted by molar-refractivity contribution is -0.133. The highest BCUT2D eigenvalue weighted by molar-refractivity contribution is 9.10. The number of carbonyl (C=O) groups excluding carboxylic acids is 2. The van der Waals surface area contributed by atoms with E-state index in [-0.39, 0.29) is 18.4 Å².